The topological polar surface area (TPSA) is 30.7 Å². The molecule has 0 aliphatic rings. The minimum absolute atomic E-state index is 0.793. The lowest BCUT2D eigenvalue weighted by Crippen LogP contribution is -1.98. The van der Waals surface area contributed by atoms with Crippen LogP contribution in [0.25, 0.3) is 22.4 Å². The predicted octanol–water partition coefficient (Wildman–Crippen LogP) is 5.28. The second kappa shape index (κ2) is 6.96. The molecular formula is C23H21N3. The molecule has 0 aliphatic carbocycles. The molecule has 0 atom stereocenters. The first-order valence-corrected chi connectivity index (χ1v) is 8.79. The van der Waals surface area contributed by atoms with Crippen LogP contribution in [-0.4, -0.2) is 14.5 Å². The zero-order valence-corrected chi connectivity index (χ0v) is 15.1. The monoisotopic (exact) mass is 339 g/mol. The average molecular weight is 339 g/mol. The average Bonchev–Trinajstić information content (AvgIpc) is 3.17. The van der Waals surface area contributed by atoms with Crippen molar-refractivity contribution >= 4 is 0 Å². The summed E-state index contributed by atoms with van der Waals surface area (Å²) in [5.41, 5.74) is 8.48. The minimum atomic E-state index is 0.793. The Morgan fingerprint density at radius 3 is 2.46 bits per heavy atom. The third-order valence-corrected chi connectivity index (χ3v) is 4.85. The molecule has 2 aromatic carbocycles. The standard InChI is InChI=1S/C23H21N3/c1-17-6-5-9-20(18(17)2)21-7-3-4-8-22(21)23-14-19(10-11-25-23)15-26-13-12-24-16-26/h3-14,16H,15H2,1-2H3. The van der Waals surface area contributed by atoms with Crippen molar-refractivity contribution in [2.45, 2.75) is 20.4 Å². The number of aryl methyl sites for hydroxylation is 1. The van der Waals surface area contributed by atoms with Crippen LogP contribution >= 0.6 is 0 Å². The Morgan fingerprint density at radius 2 is 1.65 bits per heavy atom. The third kappa shape index (κ3) is 3.16. The van der Waals surface area contributed by atoms with Crippen molar-refractivity contribution in [2.75, 3.05) is 0 Å². The van der Waals surface area contributed by atoms with Gasteiger partial charge in [-0.1, -0.05) is 42.5 Å². The maximum Gasteiger partial charge on any atom is 0.0949 e. The van der Waals surface area contributed by atoms with Gasteiger partial charge in [0.15, 0.2) is 0 Å². The van der Waals surface area contributed by atoms with Gasteiger partial charge in [-0.2, -0.15) is 0 Å². The van der Waals surface area contributed by atoms with Crippen molar-refractivity contribution in [3.05, 3.63) is 96.2 Å². The fraction of sp³-hybridized carbons (Fsp3) is 0.130. The fourth-order valence-electron chi connectivity index (χ4n) is 3.30. The number of rotatable bonds is 4. The number of aromatic nitrogens is 3. The summed E-state index contributed by atoms with van der Waals surface area (Å²) in [6.07, 6.45) is 7.51. The summed E-state index contributed by atoms with van der Waals surface area (Å²) in [5.74, 6) is 0. The van der Waals surface area contributed by atoms with Gasteiger partial charge in [-0.25, -0.2) is 4.98 Å². The maximum absolute atomic E-state index is 4.65. The minimum Gasteiger partial charge on any atom is -0.333 e. The van der Waals surface area contributed by atoms with E-state index in [0.717, 1.165) is 17.8 Å². The van der Waals surface area contributed by atoms with Crippen molar-refractivity contribution < 1.29 is 0 Å². The molecule has 128 valence electrons. The highest BCUT2D eigenvalue weighted by Gasteiger charge is 2.11. The molecule has 2 heterocycles. The Hall–Kier alpha value is -3.20. The quantitative estimate of drug-likeness (QED) is 0.506. The normalized spacial score (nSPS) is 10.8. The molecule has 4 aromatic rings. The predicted molar refractivity (Wildman–Crippen MR) is 106 cm³/mol. The van der Waals surface area contributed by atoms with Gasteiger partial charge in [0, 0.05) is 30.7 Å². The molecule has 3 heteroatoms. The second-order valence-corrected chi connectivity index (χ2v) is 6.58. The van der Waals surface area contributed by atoms with Crippen LogP contribution in [0, 0.1) is 13.8 Å². The van der Waals surface area contributed by atoms with E-state index >= 15 is 0 Å². The van der Waals surface area contributed by atoms with Gasteiger partial charge in [0.05, 0.1) is 12.0 Å². The van der Waals surface area contributed by atoms with Crippen molar-refractivity contribution in [1.29, 1.82) is 0 Å². The molecule has 0 fully saturated rings. The summed E-state index contributed by atoms with van der Waals surface area (Å²) in [6.45, 7) is 5.14. The smallest absolute Gasteiger partial charge is 0.0949 e. The van der Waals surface area contributed by atoms with Crippen LogP contribution in [0.4, 0.5) is 0 Å². The maximum atomic E-state index is 4.65. The molecule has 0 unspecified atom stereocenters. The molecule has 2 aromatic heterocycles. The number of imidazole rings is 1. The van der Waals surface area contributed by atoms with Gasteiger partial charge < -0.3 is 4.57 Å². The van der Waals surface area contributed by atoms with Crippen LogP contribution in [0.3, 0.4) is 0 Å². The van der Waals surface area contributed by atoms with E-state index in [1.54, 1.807) is 6.20 Å². The van der Waals surface area contributed by atoms with Gasteiger partial charge in [-0.05, 0) is 53.8 Å². The van der Waals surface area contributed by atoms with Crippen molar-refractivity contribution in [1.82, 2.24) is 14.5 Å². The van der Waals surface area contributed by atoms with E-state index in [1.807, 2.05) is 18.7 Å². The molecule has 0 bridgehead atoms. The van der Waals surface area contributed by atoms with Crippen molar-refractivity contribution in [3.63, 3.8) is 0 Å². The van der Waals surface area contributed by atoms with Gasteiger partial charge in [-0.3, -0.25) is 4.98 Å². The number of benzene rings is 2. The summed E-state index contributed by atoms with van der Waals surface area (Å²) < 4.78 is 2.07. The lowest BCUT2D eigenvalue weighted by atomic mass is 9.92. The van der Waals surface area contributed by atoms with E-state index in [-0.39, 0.29) is 0 Å². The van der Waals surface area contributed by atoms with Crippen LogP contribution in [0.2, 0.25) is 0 Å². The van der Waals surface area contributed by atoms with E-state index in [0.29, 0.717) is 0 Å². The van der Waals surface area contributed by atoms with E-state index in [9.17, 15) is 0 Å². The van der Waals surface area contributed by atoms with Crippen molar-refractivity contribution in [3.8, 4) is 22.4 Å². The first kappa shape index (κ1) is 16.3. The fourth-order valence-corrected chi connectivity index (χ4v) is 3.30. The highest BCUT2D eigenvalue weighted by Crippen LogP contribution is 2.34. The highest BCUT2D eigenvalue weighted by molar-refractivity contribution is 5.83. The Morgan fingerprint density at radius 1 is 0.846 bits per heavy atom. The Bertz CT molecular complexity index is 1030. The number of pyridine rings is 1. The first-order valence-electron chi connectivity index (χ1n) is 8.79. The SMILES string of the molecule is Cc1cccc(-c2ccccc2-c2cc(Cn3ccnc3)ccn2)c1C. The Balaban J connectivity index is 1.79. The molecule has 0 N–H and O–H groups in total. The Kier molecular flexibility index (Phi) is 4.36. The highest BCUT2D eigenvalue weighted by atomic mass is 15.0. The summed E-state index contributed by atoms with van der Waals surface area (Å²) >= 11 is 0. The molecule has 26 heavy (non-hydrogen) atoms. The summed E-state index contributed by atoms with van der Waals surface area (Å²) in [7, 11) is 0. The van der Waals surface area contributed by atoms with Crippen LogP contribution in [-0.2, 0) is 6.54 Å². The number of hydrogen-bond donors (Lipinski definition) is 0. The van der Waals surface area contributed by atoms with E-state index in [2.05, 4.69) is 83.0 Å². The molecule has 0 aliphatic heterocycles. The summed E-state index contributed by atoms with van der Waals surface area (Å²) in [4.78, 5) is 8.77. The molecule has 0 amide bonds. The van der Waals surface area contributed by atoms with Gasteiger partial charge >= 0.3 is 0 Å². The van der Waals surface area contributed by atoms with Gasteiger partial charge in [0.25, 0.3) is 0 Å². The van der Waals surface area contributed by atoms with Gasteiger partial charge in [0.1, 0.15) is 0 Å². The third-order valence-electron chi connectivity index (χ3n) is 4.85. The number of nitrogens with zero attached hydrogens (tertiary/aromatic N) is 3. The van der Waals surface area contributed by atoms with Crippen LogP contribution in [0.15, 0.2) is 79.5 Å². The largest absolute Gasteiger partial charge is 0.333 e. The van der Waals surface area contributed by atoms with Gasteiger partial charge in [-0.15, -0.1) is 0 Å². The van der Waals surface area contributed by atoms with Crippen LogP contribution < -0.4 is 0 Å². The molecule has 0 saturated carbocycles. The lowest BCUT2D eigenvalue weighted by molar-refractivity contribution is 0.796. The summed E-state index contributed by atoms with van der Waals surface area (Å²) in [5, 5.41) is 0. The van der Waals surface area contributed by atoms with Crippen LogP contribution in [0.5, 0.6) is 0 Å². The van der Waals surface area contributed by atoms with Gasteiger partial charge in [0.2, 0.25) is 0 Å². The molecular weight excluding hydrogens is 318 g/mol. The first-order chi connectivity index (χ1) is 12.7. The molecule has 3 nitrogen and oxygen atoms in total. The van der Waals surface area contributed by atoms with E-state index < -0.39 is 0 Å². The van der Waals surface area contributed by atoms with Crippen molar-refractivity contribution in [2.24, 2.45) is 0 Å². The van der Waals surface area contributed by atoms with E-state index in [4.69, 9.17) is 0 Å². The van der Waals surface area contributed by atoms with Crippen LogP contribution in [0.1, 0.15) is 16.7 Å². The Labute approximate surface area is 154 Å². The number of hydrogen-bond acceptors (Lipinski definition) is 2. The second-order valence-electron chi connectivity index (χ2n) is 6.58. The molecule has 0 radical (unpaired) electrons. The molecule has 4 rings (SSSR count). The van der Waals surface area contributed by atoms with E-state index in [1.165, 1.54) is 27.8 Å². The molecule has 0 saturated heterocycles. The summed E-state index contributed by atoms with van der Waals surface area (Å²) in [6, 6.07) is 19.2. The zero-order valence-electron chi connectivity index (χ0n) is 15.1. The lowest BCUT2D eigenvalue weighted by Gasteiger charge is -2.14. The molecule has 0 spiro atoms. The zero-order chi connectivity index (χ0) is 17.9.